The fourth-order valence-electron chi connectivity index (χ4n) is 4.99. The highest BCUT2D eigenvalue weighted by Gasteiger charge is 2.41. The SMILES string of the molecule is CCCCCCCCC(CCCCCCc1cc(C(F)(F)F)cc(C(F)(F)F)c1)C(OCC)(OCC)OCC. The van der Waals surface area contributed by atoms with Crippen LogP contribution in [0.25, 0.3) is 0 Å². The summed E-state index contributed by atoms with van der Waals surface area (Å²) in [4.78, 5) is 0. The Balaban J connectivity index is 2.76. The van der Waals surface area contributed by atoms with Gasteiger partial charge < -0.3 is 14.2 Å². The van der Waals surface area contributed by atoms with E-state index in [9.17, 15) is 26.3 Å². The molecule has 0 saturated carbocycles. The van der Waals surface area contributed by atoms with Crippen molar-refractivity contribution in [1.29, 1.82) is 0 Å². The van der Waals surface area contributed by atoms with Crippen molar-refractivity contribution >= 4 is 0 Å². The summed E-state index contributed by atoms with van der Waals surface area (Å²) in [7, 11) is 0. The van der Waals surface area contributed by atoms with Crippen LogP contribution >= 0.6 is 0 Å². The highest BCUT2D eigenvalue weighted by atomic mass is 19.4. The molecule has 0 aliphatic heterocycles. The molecule has 1 atom stereocenters. The van der Waals surface area contributed by atoms with Crippen molar-refractivity contribution in [3.8, 4) is 0 Å². The van der Waals surface area contributed by atoms with Gasteiger partial charge in [-0.3, -0.25) is 0 Å². The first-order valence-corrected chi connectivity index (χ1v) is 14.6. The first kappa shape index (κ1) is 35.7. The Bertz CT molecular complexity index is 730. The third kappa shape index (κ3) is 13.3. The van der Waals surface area contributed by atoms with E-state index in [4.69, 9.17) is 14.2 Å². The second-order valence-corrected chi connectivity index (χ2v) is 10.0. The molecule has 0 spiro atoms. The van der Waals surface area contributed by atoms with Gasteiger partial charge in [-0.15, -0.1) is 0 Å². The van der Waals surface area contributed by atoms with Gasteiger partial charge in [0.05, 0.1) is 11.1 Å². The van der Waals surface area contributed by atoms with Crippen molar-refractivity contribution < 1.29 is 40.6 Å². The summed E-state index contributed by atoms with van der Waals surface area (Å²) >= 11 is 0. The van der Waals surface area contributed by atoms with Crippen LogP contribution in [-0.2, 0) is 33.0 Å². The lowest BCUT2D eigenvalue weighted by molar-refractivity contribution is -0.403. The Morgan fingerprint density at radius 2 is 0.974 bits per heavy atom. The van der Waals surface area contributed by atoms with Crippen LogP contribution < -0.4 is 0 Å². The molecule has 0 bridgehead atoms. The Labute approximate surface area is 231 Å². The number of alkyl halides is 6. The number of unbranched alkanes of at least 4 members (excludes halogenated alkanes) is 8. The minimum atomic E-state index is -4.82. The van der Waals surface area contributed by atoms with E-state index < -0.39 is 29.5 Å². The van der Waals surface area contributed by atoms with Gasteiger partial charge in [-0.25, -0.2) is 0 Å². The summed E-state index contributed by atoms with van der Waals surface area (Å²) in [6.07, 6.45) is 2.10. The van der Waals surface area contributed by atoms with Gasteiger partial charge >= 0.3 is 12.4 Å². The molecule has 0 saturated heterocycles. The lowest BCUT2D eigenvalue weighted by Gasteiger charge is -2.39. The number of ether oxygens (including phenoxy) is 3. The first-order chi connectivity index (χ1) is 18.4. The van der Waals surface area contributed by atoms with E-state index in [0.29, 0.717) is 32.7 Å². The van der Waals surface area contributed by atoms with Crippen LogP contribution in [0.5, 0.6) is 0 Å². The van der Waals surface area contributed by atoms with Gasteiger partial charge in [-0.1, -0.05) is 64.7 Å². The van der Waals surface area contributed by atoms with E-state index in [-0.39, 0.29) is 24.0 Å². The molecule has 0 aliphatic rings. The van der Waals surface area contributed by atoms with Crippen molar-refractivity contribution in [1.82, 2.24) is 0 Å². The molecule has 0 N–H and O–H groups in total. The Hall–Kier alpha value is -1.32. The van der Waals surface area contributed by atoms with E-state index in [2.05, 4.69) is 6.92 Å². The molecule has 1 aromatic rings. The quantitative estimate of drug-likeness (QED) is 0.0836. The molecule has 0 aromatic heterocycles. The summed E-state index contributed by atoms with van der Waals surface area (Å²) in [6, 6.07) is 1.83. The summed E-state index contributed by atoms with van der Waals surface area (Å²) in [5.41, 5.74) is -2.46. The van der Waals surface area contributed by atoms with Crippen LogP contribution in [-0.4, -0.2) is 25.8 Å². The Morgan fingerprint density at radius 3 is 1.38 bits per heavy atom. The number of halogens is 6. The predicted molar refractivity (Wildman–Crippen MR) is 142 cm³/mol. The van der Waals surface area contributed by atoms with Crippen molar-refractivity contribution in [3.63, 3.8) is 0 Å². The molecule has 0 aliphatic carbocycles. The Kier molecular flexibility index (Phi) is 16.6. The smallest absolute Gasteiger partial charge is 0.328 e. The van der Waals surface area contributed by atoms with Crippen LogP contribution in [0.3, 0.4) is 0 Å². The molecule has 0 fully saturated rings. The molecule has 1 aromatic carbocycles. The predicted octanol–water partition coefficient (Wildman–Crippen LogP) is 10.3. The molecule has 1 unspecified atom stereocenters. The van der Waals surface area contributed by atoms with Gasteiger partial charge in [0.25, 0.3) is 5.97 Å². The third-order valence-electron chi connectivity index (χ3n) is 6.86. The van der Waals surface area contributed by atoms with Crippen LogP contribution in [0.2, 0.25) is 0 Å². The van der Waals surface area contributed by atoms with Gasteiger partial charge in [0.1, 0.15) is 0 Å². The zero-order chi connectivity index (χ0) is 29.4. The van der Waals surface area contributed by atoms with E-state index in [0.717, 1.165) is 50.7 Å². The van der Waals surface area contributed by atoms with E-state index in [1.807, 2.05) is 20.8 Å². The van der Waals surface area contributed by atoms with Crippen LogP contribution in [0.1, 0.15) is 121 Å². The third-order valence-corrected chi connectivity index (χ3v) is 6.86. The molecule has 1 rings (SSSR count). The fraction of sp³-hybridized carbons (Fsp3) is 0.800. The van der Waals surface area contributed by atoms with Crippen LogP contribution in [0.4, 0.5) is 26.3 Å². The highest BCUT2D eigenvalue weighted by molar-refractivity contribution is 5.33. The molecule has 0 heterocycles. The molecule has 0 radical (unpaired) electrons. The minimum Gasteiger partial charge on any atom is -0.328 e. The lowest BCUT2D eigenvalue weighted by Crippen LogP contribution is -2.46. The van der Waals surface area contributed by atoms with Gasteiger partial charge in [0.2, 0.25) is 0 Å². The molecule has 9 heteroatoms. The van der Waals surface area contributed by atoms with Gasteiger partial charge in [-0.2, -0.15) is 26.3 Å². The largest absolute Gasteiger partial charge is 0.416 e. The first-order valence-electron chi connectivity index (χ1n) is 14.6. The van der Waals surface area contributed by atoms with Gasteiger partial charge in [0, 0.05) is 25.7 Å². The number of hydrogen-bond acceptors (Lipinski definition) is 3. The number of benzene rings is 1. The zero-order valence-electron chi connectivity index (χ0n) is 24.1. The van der Waals surface area contributed by atoms with Crippen molar-refractivity contribution in [3.05, 3.63) is 34.9 Å². The average Bonchev–Trinajstić information content (AvgIpc) is 2.86. The van der Waals surface area contributed by atoms with Crippen molar-refractivity contribution in [2.24, 2.45) is 5.92 Å². The highest BCUT2D eigenvalue weighted by Crippen LogP contribution is 2.37. The maximum atomic E-state index is 13.1. The molecule has 3 nitrogen and oxygen atoms in total. The fourth-order valence-corrected chi connectivity index (χ4v) is 4.99. The van der Waals surface area contributed by atoms with Crippen molar-refractivity contribution in [2.75, 3.05) is 19.8 Å². The maximum absolute atomic E-state index is 13.1. The van der Waals surface area contributed by atoms with E-state index in [1.165, 1.54) is 25.7 Å². The summed E-state index contributed by atoms with van der Waals surface area (Å²) in [6.45, 7) is 9.26. The normalized spacial score (nSPS) is 13.7. The van der Waals surface area contributed by atoms with Crippen LogP contribution in [0, 0.1) is 5.92 Å². The topological polar surface area (TPSA) is 27.7 Å². The summed E-state index contributed by atoms with van der Waals surface area (Å²) < 4.78 is 96.9. The van der Waals surface area contributed by atoms with Gasteiger partial charge in [-0.05, 0) is 70.2 Å². The van der Waals surface area contributed by atoms with Crippen LogP contribution in [0.15, 0.2) is 18.2 Å². The zero-order valence-corrected chi connectivity index (χ0v) is 24.1. The monoisotopic (exact) mass is 570 g/mol. The van der Waals surface area contributed by atoms with Gasteiger partial charge in [0.15, 0.2) is 0 Å². The second kappa shape index (κ2) is 18.2. The van der Waals surface area contributed by atoms with E-state index in [1.54, 1.807) is 0 Å². The lowest BCUT2D eigenvalue weighted by atomic mass is 9.91. The second-order valence-electron chi connectivity index (χ2n) is 10.0. The molecule has 0 amide bonds. The molecular formula is C30H48F6O3. The number of aryl methyl sites for hydroxylation is 1. The standard InChI is InChI=1S/C30H48F6O3/c1-5-9-10-11-12-16-19-25(30(37-6-2,38-7-3)39-8-4)20-17-14-13-15-18-24-21-26(28(31,32)33)23-27(22-24)29(34,35)36/h21-23,25H,5-20H2,1-4H3. The summed E-state index contributed by atoms with van der Waals surface area (Å²) in [5.74, 6) is -1.07. The number of rotatable bonds is 21. The van der Waals surface area contributed by atoms with Crippen molar-refractivity contribution in [2.45, 2.75) is 129 Å². The minimum absolute atomic E-state index is 0.0290. The Morgan fingerprint density at radius 1 is 0.564 bits per heavy atom. The van der Waals surface area contributed by atoms with E-state index >= 15 is 0 Å². The molecule has 228 valence electrons. The maximum Gasteiger partial charge on any atom is 0.416 e. The average molecular weight is 571 g/mol. The molecular weight excluding hydrogens is 522 g/mol. The number of hydrogen-bond donors (Lipinski definition) is 0. The summed E-state index contributed by atoms with van der Waals surface area (Å²) in [5, 5.41) is 0. The molecule has 39 heavy (non-hydrogen) atoms.